The Morgan fingerprint density at radius 1 is 0.952 bits per heavy atom. The molecule has 0 saturated carbocycles. The second kappa shape index (κ2) is 6.13. The zero-order valence-electron chi connectivity index (χ0n) is 10.8. The average Bonchev–Trinajstić information content (AvgIpc) is 2.38. The van der Waals surface area contributed by atoms with Crippen LogP contribution in [0.1, 0.15) is 16.7 Å². The van der Waals surface area contributed by atoms with Crippen LogP contribution in [0.3, 0.4) is 0 Å². The van der Waals surface area contributed by atoms with Crippen LogP contribution in [0.25, 0.3) is 0 Å². The number of hydrogen-bond acceptors (Lipinski definition) is 3. The summed E-state index contributed by atoms with van der Waals surface area (Å²) >= 11 is 4.16. The third-order valence-electron chi connectivity index (χ3n) is 3.06. The second-order valence-corrected chi connectivity index (χ2v) is 5.12. The minimum Gasteiger partial charge on any atom is -0.423 e. The first-order valence-electron chi connectivity index (χ1n) is 6.11. The van der Waals surface area contributed by atoms with Crippen LogP contribution in [-0.2, 0) is 12.6 Å². The molecule has 0 saturated heterocycles. The number of thiol groups is 1. The van der Waals surface area contributed by atoms with Gasteiger partial charge in [-0.1, -0.05) is 24.3 Å². The Hall–Kier alpha value is -1.44. The highest BCUT2D eigenvalue weighted by Gasteiger charge is 2.29. The molecule has 0 radical (unpaired) electrons. The van der Waals surface area contributed by atoms with Gasteiger partial charge in [0.05, 0.1) is 5.56 Å². The van der Waals surface area contributed by atoms with Crippen LogP contribution in [0.5, 0.6) is 0 Å². The first-order valence-corrected chi connectivity index (χ1v) is 6.56. The zero-order valence-corrected chi connectivity index (χ0v) is 11.7. The topological polar surface area (TPSA) is 40.5 Å². The number of halogens is 3. The molecule has 0 amide bonds. The van der Waals surface area contributed by atoms with E-state index in [4.69, 9.17) is 10.0 Å². The number of hydrogen-bond donors (Lipinski definition) is 3. The van der Waals surface area contributed by atoms with E-state index in [0.29, 0.717) is 11.3 Å². The van der Waals surface area contributed by atoms with Crippen molar-refractivity contribution in [2.24, 2.45) is 0 Å². The summed E-state index contributed by atoms with van der Waals surface area (Å²) in [5.41, 5.74) is 1.16. The molecule has 0 unspecified atom stereocenters. The fourth-order valence-electron chi connectivity index (χ4n) is 1.96. The standard InChI is InChI=1S/C14H12BF3O2S/c16-14(17,18)11-4-1-9(2-5-11)7-10-3-6-12(15(19)20)13(21)8-10/h1-6,8,19-21H,7H2. The molecule has 2 aromatic carbocycles. The lowest BCUT2D eigenvalue weighted by Gasteiger charge is -2.09. The molecule has 110 valence electrons. The van der Waals surface area contributed by atoms with Gasteiger partial charge in [-0.15, -0.1) is 12.6 Å². The van der Waals surface area contributed by atoms with E-state index in [9.17, 15) is 13.2 Å². The van der Waals surface area contributed by atoms with Gasteiger partial charge in [-0.05, 0) is 41.2 Å². The van der Waals surface area contributed by atoms with Crippen molar-refractivity contribution >= 4 is 25.2 Å². The Morgan fingerprint density at radius 3 is 2.00 bits per heavy atom. The van der Waals surface area contributed by atoms with Gasteiger partial charge in [0.2, 0.25) is 0 Å². The summed E-state index contributed by atoms with van der Waals surface area (Å²) in [7, 11) is -1.60. The van der Waals surface area contributed by atoms with Crippen molar-refractivity contribution in [3.63, 3.8) is 0 Å². The van der Waals surface area contributed by atoms with E-state index in [2.05, 4.69) is 12.6 Å². The van der Waals surface area contributed by atoms with Crippen LogP contribution in [0.2, 0.25) is 0 Å². The summed E-state index contributed by atoms with van der Waals surface area (Å²) in [6.45, 7) is 0. The monoisotopic (exact) mass is 312 g/mol. The summed E-state index contributed by atoms with van der Waals surface area (Å²) in [4.78, 5) is 0.425. The molecule has 2 N–H and O–H groups in total. The Kier molecular flexibility index (Phi) is 4.66. The van der Waals surface area contributed by atoms with E-state index in [0.717, 1.165) is 23.3 Å². The smallest absolute Gasteiger partial charge is 0.423 e. The largest absolute Gasteiger partial charge is 0.489 e. The van der Waals surface area contributed by atoms with E-state index < -0.39 is 18.9 Å². The number of alkyl halides is 3. The Bertz CT molecular complexity index is 627. The lowest BCUT2D eigenvalue weighted by Crippen LogP contribution is -2.31. The van der Waals surface area contributed by atoms with E-state index in [-0.39, 0.29) is 5.46 Å². The maximum atomic E-state index is 12.5. The quantitative estimate of drug-likeness (QED) is 0.601. The predicted octanol–water partition coefficient (Wildman–Crippen LogP) is 2.26. The van der Waals surface area contributed by atoms with E-state index >= 15 is 0 Å². The molecular weight excluding hydrogens is 300 g/mol. The summed E-state index contributed by atoms with van der Waals surface area (Å²) in [5, 5.41) is 18.2. The van der Waals surface area contributed by atoms with Crippen LogP contribution in [-0.4, -0.2) is 17.2 Å². The minimum absolute atomic E-state index is 0.287. The van der Waals surface area contributed by atoms with Crippen molar-refractivity contribution in [1.82, 2.24) is 0 Å². The van der Waals surface area contributed by atoms with Gasteiger partial charge in [0, 0.05) is 4.90 Å². The van der Waals surface area contributed by atoms with Crippen LogP contribution >= 0.6 is 12.6 Å². The highest BCUT2D eigenvalue weighted by molar-refractivity contribution is 7.80. The van der Waals surface area contributed by atoms with Crippen molar-refractivity contribution in [3.8, 4) is 0 Å². The maximum absolute atomic E-state index is 12.5. The average molecular weight is 312 g/mol. The van der Waals surface area contributed by atoms with Gasteiger partial charge < -0.3 is 10.0 Å². The molecule has 2 rings (SSSR count). The zero-order chi connectivity index (χ0) is 15.6. The van der Waals surface area contributed by atoms with Crippen molar-refractivity contribution in [1.29, 1.82) is 0 Å². The summed E-state index contributed by atoms with van der Waals surface area (Å²) in [5.74, 6) is 0. The third kappa shape index (κ3) is 4.03. The van der Waals surface area contributed by atoms with Gasteiger partial charge in [0.25, 0.3) is 0 Å². The molecule has 21 heavy (non-hydrogen) atoms. The van der Waals surface area contributed by atoms with E-state index in [1.165, 1.54) is 18.2 Å². The van der Waals surface area contributed by atoms with Gasteiger partial charge in [0.1, 0.15) is 0 Å². The molecule has 2 aromatic rings. The molecule has 2 nitrogen and oxygen atoms in total. The normalized spacial score (nSPS) is 11.5. The fourth-order valence-corrected chi connectivity index (χ4v) is 2.32. The van der Waals surface area contributed by atoms with Crippen LogP contribution in [0.4, 0.5) is 13.2 Å². The Labute approximate surface area is 125 Å². The first kappa shape index (κ1) is 15.9. The molecule has 0 spiro atoms. The van der Waals surface area contributed by atoms with Crippen LogP contribution < -0.4 is 5.46 Å². The number of rotatable bonds is 3. The van der Waals surface area contributed by atoms with Gasteiger partial charge in [-0.3, -0.25) is 0 Å². The third-order valence-corrected chi connectivity index (χ3v) is 3.45. The molecule has 0 heterocycles. The Morgan fingerprint density at radius 2 is 1.52 bits per heavy atom. The molecule has 0 aliphatic carbocycles. The van der Waals surface area contributed by atoms with Gasteiger partial charge in [-0.25, -0.2) is 0 Å². The van der Waals surface area contributed by atoms with Gasteiger partial charge in [0.15, 0.2) is 0 Å². The summed E-state index contributed by atoms with van der Waals surface area (Å²) in [6, 6.07) is 9.82. The number of benzene rings is 2. The second-order valence-electron chi connectivity index (χ2n) is 4.64. The summed E-state index contributed by atoms with van der Waals surface area (Å²) in [6.07, 6.45) is -3.90. The maximum Gasteiger partial charge on any atom is 0.489 e. The van der Waals surface area contributed by atoms with E-state index in [1.807, 2.05) is 0 Å². The highest BCUT2D eigenvalue weighted by atomic mass is 32.1. The molecule has 7 heteroatoms. The first-order chi connectivity index (χ1) is 9.77. The molecule has 0 aromatic heterocycles. The van der Waals surface area contributed by atoms with Gasteiger partial charge >= 0.3 is 13.3 Å². The van der Waals surface area contributed by atoms with Crippen LogP contribution in [0, 0.1) is 0 Å². The van der Waals surface area contributed by atoms with Crippen LogP contribution in [0.15, 0.2) is 47.4 Å². The molecule has 0 aliphatic rings. The van der Waals surface area contributed by atoms with Crippen molar-refractivity contribution in [3.05, 3.63) is 59.2 Å². The lowest BCUT2D eigenvalue weighted by molar-refractivity contribution is -0.137. The van der Waals surface area contributed by atoms with E-state index in [1.54, 1.807) is 12.1 Å². The molecule has 0 atom stereocenters. The molecule has 0 bridgehead atoms. The van der Waals surface area contributed by atoms with Crippen molar-refractivity contribution < 1.29 is 23.2 Å². The van der Waals surface area contributed by atoms with Crippen molar-refractivity contribution in [2.75, 3.05) is 0 Å². The van der Waals surface area contributed by atoms with Gasteiger partial charge in [-0.2, -0.15) is 13.2 Å². The summed E-state index contributed by atoms with van der Waals surface area (Å²) < 4.78 is 37.4. The Balaban J connectivity index is 2.17. The molecule has 0 aliphatic heterocycles. The highest BCUT2D eigenvalue weighted by Crippen LogP contribution is 2.29. The fraction of sp³-hybridized carbons (Fsp3) is 0.143. The predicted molar refractivity (Wildman–Crippen MR) is 77.8 cm³/mol. The molecule has 0 fully saturated rings. The minimum atomic E-state index is -4.34. The van der Waals surface area contributed by atoms with Crippen molar-refractivity contribution in [2.45, 2.75) is 17.5 Å². The molecular formula is C14H12BF3O2S. The SMILES string of the molecule is OB(O)c1ccc(Cc2ccc(C(F)(F)F)cc2)cc1S. The lowest BCUT2D eigenvalue weighted by atomic mass is 9.79.